The summed E-state index contributed by atoms with van der Waals surface area (Å²) in [4.78, 5) is 17.6. The minimum Gasteiger partial charge on any atom is -0.493 e. The smallest absolute Gasteiger partial charge is 0.279 e. The lowest BCUT2D eigenvalue weighted by Crippen LogP contribution is -2.13. The third kappa shape index (κ3) is 3.17. The number of carbonyl (C=O) groups is 1. The van der Waals surface area contributed by atoms with Crippen molar-refractivity contribution < 1.29 is 14.3 Å². The summed E-state index contributed by atoms with van der Waals surface area (Å²) in [5.74, 6) is 0.783. The number of aryl methyl sites for hydroxylation is 3. The molecule has 0 aliphatic rings. The number of thiazole rings is 1. The van der Waals surface area contributed by atoms with E-state index in [0.29, 0.717) is 21.9 Å². The maximum atomic E-state index is 12.6. The summed E-state index contributed by atoms with van der Waals surface area (Å²) >= 11 is 1.52. The molecular weight excluding hydrogens is 336 g/mol. The van der Waals surface area contributed by atoms with Crippen LogP contribution in [0.2, 0.25) is 0 Å². The predicted molar refractivity (Wildman–Crippen MR) is 99.7 cm³/mol. The van der Waals surface area contributed by atoms with Gasteiger partial charge in [-0.25, -0.2) is 0 Å². The van der Waals surface area contributed by atoms with E-state index in [4.69, 9.17) is 9.47 Å². The zero-order valence-corrected chi connectivity index (χ0v) is 15.7. The summed E-state index contributed by atoms with van der Waals surface area (Å²) in [6.45, 7) is 4.14. The molecule has 130 valence electrons. The number of fused-ring (bicyclic) bond motifs is 1. The Bertz CT molecular complexity index is 1030. The van der Waals surface area contributed by atoms with Crippen LogP contribution in [0.15, 0.2) is 35.3 Å². The van der Waals surface area contributed by atoms with Crippen LogP contribution in [0.3, 0.4) is 0 Å². The Kier molecular flexibility index (Phi) is 4.63. The average Bonchev–Trinajstić information content (AvgIpc) is 2.91. The molecule has 0 atom stereocenters. The third-order valence-corrected chi connectivity index (χ3v) is 5.35. The number of methoxy groups -OCH3 is 2. The first kappa shape index (κ1) is 17.2. The van der Waals surface area contributed by atoms with Crippen molar-refractivity contribution in [1.29, 1.82) is 0 Å². The summed E-state index contributed by atoms with van der Waals surface area (Å²) in [7, 11) is 5.03. The summed E-state index contributed by atoms with van der Waals surface area (Å²) in [5, 5.41) is 0. The zero-order valence-electron chi connectivity index (χ0n) is 14.9. The molecule has 3 aromatic rings. The van der Waals surface area contributed by atoms with Crippen molar-refractivity contribution >= 4 is 27.5 Å². The first-order valence-electron chi connectivity index (χ1n) is 7.82. The van der Waals surface area contributed by atoms with E-state index in [-0.39, 0.29) is 5.91 Å². The van der Waals surface area contributed by atoms with Crippen molar-refractivity contribution in [3.63, 3.8) is 0 Å². The van der Waals surface area contributed by atoms with Gasteiger partial charge in [0.05, 0.1) is 24.4 Å². The van der Waals surface area contributed by atoms with Gasteiger partial charge in [0.1, 0.15) is 0 Å². The van der Waals surface area contributed by atoms with Gasteiger partial charge in [0.2, 0.25) is 0 Å². The summed E-state index contributed by atoms with van der Waals surface area (Å²) in [5.41, 5.74) is 3.93. The van der Waals surface area contributed by atoms with Crippen LogP contribution >= 0.6 is 11.3 Å². The Morgan fingerprint density at radius 3 is 2.48 bits per heavy atom. The second kappa shape index (κ2) is 6.72. The van der Waals surface area contributed by atoms with E-state index in [1.807, 2.05) is 11.6 Å². The number of aromatic nitrogens is 1. The molecule has 25 heavy (non-hydrogen) atoms. The average molecular weight is 356 g/mol. The molecule has 3 rings (SSSR count). The van der Waals surface area contributed by atoms with Crippen molar-refractivity contribution in [3.8, 4) is 11.5 Å². The van der Waals surface area contributed by atoms with Gasteiger partial charge in [-0.1, -0.05) is 17.4 Å². The Morgan fingerprint density at radius 1 is 1.08 bits per heavy atom. The lowest BCUT2D eigenvalue weighted by atomic mass is 10.1. The highest BCUT2D eigenvalue weighted by atomic mass is 32.1. The molecule has 0 N–H and O–H groups in total. The molecule has 0 aliphatic carbocycles. The number of hydrogen-bond donors (Lipinski definition) is 0. The van der Waals surface area contributed by atoms with Gasteiger partial charge in [-0.15, -0.1) is 0 Å². The Balaban J connectivity index is 2.09. The Hall–Kier alpha value is -2.60. The fourth-order valence-corrected chi connectivity index (χ4v) is 3.86. The van der Waals surface area contributed by atoms with E-state index in [2.05, 4.69) is 31.0 Å². The van der Waals surface area contributed by atoms with Crippen LogP contribution in [0.1, 0.15) is 21.5 Å². The van der Waals surface area contributed by atoms with Crippen molar-refractivity contribution in [3.05, 3.63) is 51.8 Å². The van der Waals surface area contributed by atoms with Crippen LogP contribution in [0, 0.1) is 13.8 Å². The van der Waals surface area contributed by atoms with E-state index in [1.54, 1.807) is 32.4 Å². The minimum atomic E-state index is -0.308. The van der Waals surface area contributed by atoms with Gasteiger partial charge in [-0.2, -0.15) is 4.99 Å². The lowest BCUT2D eigenvalue weighted by molar-refractivity contribution is 0.0997. The number of nitrogens with zero attached hydrogens (tertiary/aromatic N) is 2. The van der Waals surface area contributed by atoms with Gasteiger partial charge >= 0.3 is 0 Å². The molecule has 0 fully saturated rings. The van der Waals surface area contributed by atoms with Gasteiger partial charge < -0.3 is 14.0 Å². The Morgan fingerprint density at radius 2 is 1.80 bits per heavy atom. The summed E-state index contributed by atoms with van der Waals surface area (Å²) in [6.07, 6.45) is 0. The second-order valence-electron chi connectivity index (χ2n) is 5.86. The molecular formula is C19H20N2O3S. The van der Waals surface area contributed by atoms with Gasteiger partial charge in [0.25, 0.3) is 5.91 Å². The lowest BCUT2D eigenvalue weighted by Gasteiger charge is -2.07. The van der Waals surface area contributed by atoms with Gasteiger partial charge in [-0.05, 0) is 49.2 Å². The zero-order chi connectivity index (χ0) is 18.1. The maximum absolute atomic E-state index is 12.6. The highest BCUT2D eigenvalue weighted by Crippen LogP contribution is 2.28. The van der Waals surface area contributed by atoms with Crippen LogP contribution in [-0.4, -0.2) is 24.7 Å². The van der Waals surface area contributed by atoms with Gasteiger partial charge in [0, 0.05) is 12.6 Å². The van der Waals surface area contributed by atoms with Gasteiger partial charge in [-0.3, -0.25) is 4.79 Å². The fourth-order valence-electron chi connectivity index (χ4n) is 2.80. The minimum absolute atomic E-state index is 0.308. The van der Waals surface area contributed by atoms with Crippen LogP contribution < -0.4 is 14.3 Å². The molecule has 5 nitrogen and oxygen atoms in total. The van der Waals surface area contributed by atoms with Gasteiger partial charge in [0.15, 0.2) is 16.3 Å². The molecule has 6 heteroatoms. The van der Waals surface area contributed by atoms with Crippen LogP contribution in [0.25, 0.3) is 10.2 Å². The largest absolute Gasteiger partial charge is 0.493 e. The molecule has 1 amide bonds. The van der Waals surface area contributed by atoms with Crippen molar-refractivity contribution in [1.82, 2.24) is 4.57 Å². The molecule has 0 aliphatic heterocycles. The number of carbonyl (C=O) groups excluding carboxylic acids is 1. The topological polar surface area (TPSA) is 52.8 Å². The molecule has 2 aromatic carbocycles. The SMILES string of the molecule is COc1ccc(C(=O)N=c2sc3c(C)cc(C)cc3n2C)cc1OC. The maximum Gasteiger partial charge on any atom is 0.279 e. The van der Waals surface area contributed by atoms with Crippen LogP contribution in [0.5, 0.6) is 11.5 Å². The predicted octanol–water partition coefficient (Wildman–Crippen LogP) is 3.61. The van der Waals surface area contributed by atoms with Crippen LogP contribution in [0.4, 0.5) is 0 Å². The molecule has 0 saturated heterocycles. The van der Waals surface area contributed by atoms with Crippen molar-refractivity contribution in [2.75, 3.05) is 14.2 Å². The van der Waals surface area contributed by atoms with Crippen molar-refractivity contribution in [2.24, 2.45) is 12.0 Å². The molecule has 1 aromatic heterocycles. The summed E-state index contributed by atoms with van der Waals surface area (Å²) < 4.78 is 13.6. The van der Waals surface area contributed by atoms with E-state index < -0.39 is 0 Å². The van der Waals surface area contributed by atoms with E-state index in [0.717, 1.165) is 10.2 Å². The molecule has 0 unspecified atom stereocenters. The molecule has 0 bridgehead atoms. The molecule has 0 radical (unpaired) electrons. The third-order valence-electron chi connectivity index (χ3n) is 4.07. The van der Waals surface area contributed by atoms with E-state index >= 15 is 0 Å². The van der Waals surface area contributed by atoms with Crippen LogP contribution in [-0.2, 0) is 7.05 Å². The first-order chi connectivity index (χ1) is 11.9. The monoisotopic (exact) mass is 356 g/mol. The molecule has 0 spiro atoms. The standard InChI is InChI=1S/C19H20N2O3S/c1-11-8-12(2)17-14(9-11)21(3)19(25-17)20-18(22)13-6-7-15(23-4)16(10-13)24-5/h6-10H,1-5H3. The number of hydrogen-bond acceptors (Lipinski definition) is 4. The van der Waals surface area contributed by atoms with Crippen molar-refractivity contribution in [2.45, 2.75) is 13.8 Å². The number of amides is 1. The number of benzene rings is 2. The van der Waals surface area contributed by atoms with E-state index in [1.165, 1.54) is 22.5 Å². The second-order valence-corrected chi connectivity index (χ2v) is 6.84. The Labute approximate surface area is 150 Å². The number of rotatable bonds is 3. The normalized spacial score (nSPS) is 11.8. The number of ether oxygens (including phenoxy) is 2. The fraction of sp³-hybridized carbons (Fsp3) is 0.263. The highest BCUT2D eigenvalue weighted by Gasteiger charge is 2.12. The summed E-state index contributed by atoms with van der Waals surface area (Å²) in [6, 6.07) is 9.29. The highest BCUT2D eigenvalue weighted by molar-refractivity contribution is 7.16. The quantitative estimate of drug-likeness (QED) is 0.720. The molecule has 1 heterocycles. The molecule has 0 saturated carbocycles. The van der Waals surface area contributed by atoms with E-state index in [9.17, 15) is 4.79 Å². The first-order valence-corrected chi connectivity index (χ1v) is 8.64.